The predicted molar refractivity (Wildman–Crippen MR) is 73.6 cm³/mol. The van der Waals surface area contributed by atoms with Gasteiger partial charge in [0.25, 0.3) is 5.91 Å². The number of morpholine rings is 1. The van der Waals surface area contributed by atoms with Crippen LogP contribution in [-0.2, 0) is 4.74 Å². The predicted octanol–water partition coefficient (Wildman–Crippen LogP) is 0.890. The summed E-state index contributed by atoms with van der Waals surface area (Å²) in [5, 5.41) is 2.92. The number of fused-ring (bicyclic) bond motifs is 1. The highest BCUT2D eigenvalue weighted by molar-refractivity contribution is 5.97. The Morgan fingerprint density at radius 3 is 3.05 bits per heavy atom. The van der Waals surface area contributed by atoms with Gasteiger partial charge in [-0.05, 0) is 18.2 Å². The standard InChI is InChI=1S/C14H17N3O3/c18-14(15-3-4-17-5-7-19-8-6-17)11-1-2-13-12(9-11)16-10-20-13/h1-2,9-10H,3-8H2,(H,15,18). The monoisotopic (exact) mass is 275 g/mol. The molecule has 6 nitrogen and oxygen atoms in total. The largest absolute Gasteiger partial charge is 0.443 e. The maximum absolute atomic E-state index is 12.0. The topological polar surface area (TPSA) is 67.6 Å². The van der Waals surface area contributed by atoms with Gasteiger partial charge in [-0.25, -0.2) is 4.98 Å². The molecule has 1 amide bonds. The molecule has 3 rings (SSSR count). The summed E-state index contributed by atoms with van der Waals surface area (Å²) < 4.78 is 10.4. The van der Waals surface area contributed by atoms with Crippen molar-refractivity contribution in [1.29, 1.82) is 0 Å². The van der Waals surface area contributed by atoms with E-state index in [2.05, 4.69) is 15.2 Å². The Hall–Kier alpha value is -1.92. The number of oxazole rings is 1. The smallest absolute Gasteiger partial charge is 0.251 e. The molecule has 1 aromatic heterocycles. The lowest BCUT2D eigenvalue weighted by molar-refractivity contribution is 0.0383. The average molecular weight is 275 g/mol. The minimum absolute atomic E-state index is 0.0804. The van der Waals surface area contributed by atoms with Gasteiger partial charge in [0.1, 0.15) is 5.52 Å². The van der Waals surface area contributed by atoms with Crippen LogP contribution in [0, 0.1) is 0 Å². The van der Waals surface area contributed by atoms with Gasteiger partial charge in [0.15, 0.2) is 12.0 Å². The van der Waals surface area contributed by atoms with E-state index < -0.39 is 0 Å². The van der Waals surface area contributed by atoms with Gasteiger partial charge in [0.05, 0.1) is 13.2 Å². The molecule has 1 N–H and O–H groups in total. The van der Waals surface area contributed by atoms with Crippen LogP contribution in [-0.4, -0.2) is 55.2 Å². The van der Waals surface area contributed by atoms with Crippen molar-refractivity contribution < 1.29 is 13.9 Å². The molecule has 6 heteroatoms. The Morgan fingerprint density at radius 2 is 2.20 bits per heavy atom. The van der Waals surface area contributed by atoms with Gasteiger partial charge in [-0.3, -0.25) is 9.69 Å². The lowest BCUT2D eigenvalue weighted by Gasteiger charge is -2.26. The number of rotatable bonds is 4. The molecule has 1 saturated heterocycles. The first kappa shape index (κ1) is 13.1. The molecule has 1 aromatic carbocycles. The van der Waals surface area contributed by atoms with Crippen LogP contribution in [0.25, 0.3) is 11.1 Å². The third-order valence-corrected chi connectivity index (χ3v) is 3.41. The van der Waals surface area contributed by atoms with Gasteiger partial charge in [0, 0.05) is 31.7 Å². The van der Waals surface area contributed by atoms with Crippen molar-refractivity contribution in [3.8, 4) is 0 Å². The van der Waals surface area contributed by atoms with Gasteiger partial charge in [-0.1, -0.05) is 0 Å². The van der Waals surface area contributed by atoms with Crippen molar-refractivity contribution >= 4 is 17.0 Å². The van der Waals surface area contributed by atoms with Crippen molar-refractivity contribution in [3.63, 3.8) is 0 Å². The van der Waals surface area contributed by atoms with E-state index in [9.17, 15) is 4.79 Å². The van der Waals surface area contributed by atoms with Crippen molar-refractivity contribution in [2.75, 3.05) is 39.4 Å². The Morgan fingerprint density at radius 1 is 1.35 bits per heavy atom. The molecular weight excluding hydrogens is 258 g/mol. The van der Waals surface area contributed by atoms with Gasteiger partial charge in [-0.2, -0.15) is 0 Å². The number of carbonyl (C=O) groups is 1. The van der Waals surface area contributed by atoms with Crippen LogP contribution in [0.15, 0.2) is 29.0 Å². The Balaban J connectivity index is 1.53. The summed E-state index contributed by atoms with van der Waals surface area (Å²) in [6.07, 6.45) is 1.38. The highest BCUT2D eigenvalue weighted by Gasteiger charge is 2.11. The molecule has 0 radical (unpaired) electrons. The van der Waals surface area contributed by atoms with Crippen LogP contribution in [0.3, 0.4) is 0 Å². The fourth-order valence-corrected chi connectivity index (χ4v) is 2.25. The summed E-state index contributed by atoms with van der Waals surface area (Å²) in [5.74, 6) is -0.0804. The van der Waals surface area contributed by atoms with Crippen LogP contribution in [0.4, 0.5) is 0 Å². The number of benzene rings is 1. The van der Waals surface area contributed by atoms with E-state index in [-0.39, 0.29) is 5.91 Å². The quantitative estimate of drug-likeness (QED) is 0.897. The lowest BCUT2D eigenvalue weighted by Crippen LogP contribution is -2.41. The van der Waals surface area contributed by atoms with E-state index in [0.29, 0.717) is 23.2 Å². The van der Waals surface area contributed by atoms with Crippen LogP contribution in [0.5, 0.6) is 0 Å². The molecule has 0 aliphatic carbocycles. The molecule has 2 aromatic rings. The van der Waals surface area contributed by atoms with Crippen molar-refractivity contribution in [3.05, 3.63) is 30.2 Å². The molecule has 0 spiro atoms. The minimum atomic E-state index is -0.0804. The number of hydrogen-bond donors (Lipinski definition) is 1. The summed E-state index contributed by atoms with van der Waals surface area (Å²) in [6.45, 7) is 4.89. The summed E-state index contributed by atoms with van der Waals surface area (Å²) in [5.41, 5.74) is 1.99. The molecule has 0 saturated carbocycles. The van der Waals surface area contributed by atoms with E-state index in [0.717, 1.165) is 32.8 Å². The second-order valence-corrected chi connectivity index (χ2v) is 4.74. The molecule has 1 fully saturated rings. The van der Waals surface area contributed by atoms with Crippen LogP contribution in [0.2, 0.25) is 0 Å². The number of nitrogens with zero attached hydrogens (tertiary/aromatic N) is 2. The van der Waals surface area contributed by atoms with Gasteiger partial charge < -0.3 is 14.5 Å². The number of ether oxygens (including phenoxy) is 1. The molecule has 1 aliphatic rings. The van der Waals surface area contributed by atoms with Crippen molar-refractivity contribution in [2.45, 2.75) is 0 Å². The zero-order valence-corrected chi connectivity index (χ0v) is 11.2. The second kappa shape index (κ2) is 6.02. The fourth-order valence-electron chi connectivity index (χ4n) is 2.25. The molecule has 0 bridgehead atoms. The zero-order chi connectivity index (χ0) is 13.8. The number of nitrogens with one attached hydrogen (secondary N) is 1. The average Bonchev–Trinajstić information content (AvgIpc) is 2.95. The summed E-state index contributed by atoms with van der Waals surface area (Å²) in [4.78, 5) is 18.4. The van der Waals surface area contributed by atoms with Crippen LogP contribution in [0.1, 0.15) is 10.4 Å². The molecule has 0 atom stereocenters. The first-order valence-electron chi connectivity index (χ1n) is 6.74. The summed E-state index contributed by atoms with van der Waals surface area (Å²) >= 11 is 0. The molecule has 1 aliphatic heterocycles. The maximum atomic E-state index is 12.0. The molecule has 20 heavy (non-hydrogen) atoms. The molecule has 2 heterocycles. The summed E-state index contributed by atoms with van der Waals surface area (Å²) in [6, 6.07) is 5.25. The lowest BCUT2D eigenvalue weighted by atomic mass is 10.2. The first-order chi connectivity index (χ1) is 9.83. The highest BCUT2D eigenvalue weighted by Crippen LogP contribution is 2.13. The zero-order valence-electron chi connectivity index (χ0n) is 11.2. The van der Waals surface area contributed by atoms with Gasteiger partial charge >= 0.3 is 0 Å². The van der Waals surface area contributed by atoms with Crippen molar-refractivity contribution in [2.24, 2.45) is 0 Å². The number of carbonyl (C=O) groups excluding carboxylic acids is 1. The minimum Gasteiger partial charge on any atom is -0.443 e. The number of hydrogen-bond acceptors (Lipinski definition) is 5. The fraction of sp³-hybridized carbons (Fsp3) is 0.429. The van der Waals surface area contributed by atoms with E-state index >= 15 is 0 Å². The first-order valence-corrected chi connectivity index (χ1v) is 6.74. The summed E-state index contributed by atoms with van der Waals surface area (Å²) in [7, 11) is 0. The molecule has 106 valence electrons. The van der Waals surface area contributed by atoms with Crippen molar-refractivity contribution in [1.82, 2.24) is 15.2 Å². The number of aromatic nitrogens is 1. The normalized spacial score (nSPS) is 16.4. The van der Waals surface area contributed by atoms with Gasteiger partial charge in [-0.15, -0.1) is 0 Å². The Labute approximate surface area is 116 Å². The Kier molecular flexibility index (Phi) is 3.94. The molecular formula is C14H17N3O3. The highest BCUT2D eigenvalue weighted by atomic mass is 16.5. The SMILES string of the molecule is O=C(NCCN1CCOCC1)c1ccc2ocnc2c1. The van der Waals surface area contributed by atoms with Crippen LogP contribution < -0.4 is 5.32 Å². The van der Waals surface area contributed by atoms with E-state index in [1.807, 2.05) is 0 Å². The molecule has 0 unspecified atom stereocenters. The Bertz CT molecular complexity index is 590. The number of amides is 1. The van der Waals surface area contributed by atoms with E-state index in [1.54, 1.807) is 18.2 Å². The third kappa shape index (κ3) is 2.97. The van der Waals surface area contributed by atoms with Crippen LogP contribution >= 0.6 is 0 Å². The van der Waals surface area contributed by atoms with Gasteiger partial charge in [0.2, 0.25) is 0 Å². The third-order valence-electron chi connectivity index (χ3n) is 3.41. The maximum Gasteiger partial charge on any atom is 0.251 e. The van der Waals surface area contributed by atoms with E-state index in [1.165, 1.54) is 6.39 Å². The van der Waals surface area contributed by atoms with E-state index in [4.69, 9.17) is 9.15 Å². The second-order valence-electron chi connectivity index (χ2n) is 4.74.